The quantitative estimate of drug-likeness (QED) is 0.752. The van der Waals surface area contributed by atoms with E-state index in [2.05, 4.69) is 9.88 Å². The number of piperidine rings is 1. The molecule has 1 aliphatic rings. The Bertz CT molecular complexity index is 438. The zero-order valence-electron chi connectivity index (χ0n) is 12.9. The Morgan fingerprint density at radius 2 is 2.14 bits per heavy atom. The Morgan fingerprint density at radius 1 is 1.38 bits per heavy atom. The molecule has 1 saturated heterocycles. The van der Waals surface area contributed by atoms with Crippen LogP contribution in [0.2, 0.25) is 0 Å². The van der Waals surface area contributed by atoms with Crippen LogP contribution in [0.4, 0.5) is 0 Å². The van der Waals surface area contributed by atoms with E-state index >= 15 is 0 Å². The highest BCUT2D eigenvalue weighted by Crippen LogP contribution is 2.22. The van der Waals surface area contributed by atoms with Gasteiger partial charge in [0.25, 0.3) is 5.91 Å². The lowest BCUT2D eigenvalue weighted by molar-refractivity contribution is 0.0777. The Balaban J connectivity index is 1.94. The third-order valence-corrected chi connectivity index (χ3v) is 4.20. The summed E-state index contributed by atoms with van der Waals surface area (Å²) in [5, 5.41) is 12.1. The van der Waals surface area contributed by atoms with Gasteiger partial charge in [-0.25, -0.2) is 0 Å². The number of aliphatic hydroxyl groups is 1. The van der Waals surface area contributed by atoms with Crippen LogP contribution in [0.1, 0.15) is 48.6 Å². The molecule has 0 spiro atoms. The molecule has 5 nitrogen and oxygen atoms in total. The second-order valence-corrected chi connectivity index (χ2v) is 5.79. The molecule has 0 aliphatic carbocycles. The molecule has 118 valence electrons. The third kappa shape index (κ3) is 4.32. The van der Waals surface area contributed by atoms with E-state index in [9.17, 15) is 4.79 Å². The van der Waals surface area contributed by atoms with E-state index in [0.29, 0.717) is 6.04 Å². The molecule has 0 saturated carbocycles. The summed E-state index contributed by atoms with van der Waals surface area (Å²) in [4.78, 5) is 14.4. The minimum atomic E-state index is 0.0996. The lowest BCUT2D eigenvalue weighted by Crippen LogP contribution is -2.33. The molecule has 2 rings (SSSR count). The van der Waals surface area contributed by atoms with Crippen molar-refractivity contribution in [1.29, 1.82) is 0 Å². The fraction of sp³-hybridized carbons (Fsp3) is 0.688. The number of carbonyl (C=O) groups is 1. The minimum absolute atomic E-state index is 0.0996. The summed E-state index contributed by atoms with van der Waals surface area (Å²) in [6.45, 7) is 3.02. The fourth-order valence-electron chi connectivity index (χ4n) is 2.91. The second-order valence-electron chi connectivity index (χ2n) is 5.79. The van der Waals surface area contributed by atoms with Crippen LogP contribution in [0.15, 0.2) is 18.3 Å². The number of amides is 1. The molecule has 0 aromatic carbocycles. The number of hydrogen-bond donors (Lipinski definition) is 2. The van der Waals surface area contributed by atoms with Crippen molar-refractivity contribution in [3.8, 4) is 0 Å². The van der Waals surface area contributed by atoms with Gasteiger partial charge >= 0.3 is 0 Å². The maximum absolute atomic E-state index is 12.6. The normalized spacial score (nSPS) is 16.1. The molecule has 1 aromatic rings. The van der Waals surface area contributed by atoms with Crippen molar-refractivity contribution in [3.63, 3.8) is 0 Å². The van der Waals surface area contributed by atoms with Gasteiger partial charge in [-0.3, -0.25) is 4.79 Å². The topological polar surface area (TPSA) is 57.5 Å². The first kappa shape index (κ1) is 16.0. The van der Waals surface area contributed by atoms with Crippen LogP contribution in [0, 0.1) is 0 Å². The standard InChI is InChI=1S/C16H27N3O2/c1-18(11-3-2-4-13-20)16(21)15-6-5-12-19(15)14-7-9-17-10-8-14/h5-6,12,14,17,20H,2-4,7-11,13H2,1H3. The Kier molecular flexibility index (Phi) is 6.26. The Morgan fingerprint density at radius 3 is 2.86 bits per heavy atom. The maximum Gasteiger partial charge on any atom is 0.270 e. The molecule has 1 aliphatic heterocycles. The second kappa shape index (κ2) is 8.20. The molecular formula is C16H27N3O2. The van der Waals surface area contributed by atoms with Crippen LogP contribution in [-0.2, 0) is 0 Å². The smallest absolute Gasteiger partial charge is 0.270 e. The number of nitrogens with zero attached hydrogens (tertiary/aromatic N) is 2. The van der Waals surface area contributed by atoms with Crippen molar-refractivity contribution in [2.24, 2.45) is 0 Å². The molecule has 0 bridgehead atoms. The van der Waals surface area contributed by atoms with E-state index in [0.717, 1.165) is 57.4 Å². The Labute approximate surface area is 126 Å². The van der Waals surface area contributed by atoms with Crippen LogP contribution in [0.5, 0.6) is 0 Å². The molecular weight excluding hydrogens is 266 g/mol. The number of aromatic nitrogens is 1. The van der Waals surface area contributed by atoms with E-state index in [4.69, 9.17) is 5.11 Å². The van der Waals surface area contributed by atoms with Crippen LogP contribution < -0.4 is 5.32 Å². The largest absolute Gasteiger partial charge is 0.396 e. The number of carbonyl (C=O) groups excluding carboxylic acids is 1. The van der Waals surface area contributed by atoms with Crippen LogP contribution in [-0.4, -0.2) is 53.8 Å². The van der Waals surface area contributed by atoms with E-state index in [1.807, 2.05) is 25.4 Å². The van der Waals surface area contributed by atoms with Crippen LogP contribution >= 0.6 is 0 Å². The van der Waals surface area contributed by atoms with Crippen LogP contribution in [0.25, 0.3) is 0 Å². The van der Waals surface area contributed by atoms with Crippen molar-refractivity contribution in [2.45, 2.75) is 38.1 Å². The Hall–Kier alpha value is -1.33. The zero-order chi connectivity index (χ0) is 15.1. The van der Waals surface area contributed by atoms with Crippen molar-refractivity contribution >= 4 is 5.91 Å². The average molecular weight is 293 g/mol. The number of aliphatic hydroxyl groups excluding tert-OH is 1. The predicted octanol–water partition coefficient (Wildman–Crippen LogP) is 1.65. The molecule has 1 fully saturated rings. The van der Waals surface area contributed by atoms with Gasteiger partial charge in [-0.15, -0.1) is 0 Å². The number of hydrogen-bond acceptors (Lipinski definition) is 3. The van der Waals surface area contributed by atoms with E-state index < -0.39 is 0 Å². The highest BCUT2D eigenvalue weighted by Gasteiger charge is 2.21. The summed E-state index contributed by atoms with van der Waals surface area (Å²) in [5.41, 5.74) is 0.798. The van der Waals surface area contributed by atoms with E-state index in [-0.39, 0.29) is 12.5 Å². The highest BCUT2D eigenvalue weighted by molar-refractivity contribution is 5.92. The molecule has 1 aromatic heterocycles. The summed E-state index contributed by atoms with van der Waals surface area (Å²) < 4.78 is 2.15. The van der Waals surface area contributed by atoms with Gasteiger partial charge < -0.3 is 19.9 Å². The molecule has 2 heterocycles. The third-order valence-electron chi connectivity index (χ3n) is 4.20. The van der Waals surface area contributed by atoms with Gasteiger partial charge in [-0.05, 0) is 57.3 Å². The molecule has 0 radical (unpaired) electrons. The van der Waals surface area contributed by atoms with E-state index in [1.165, 1.54) is 0 Å². The van der Waals surface area contributed by atoms with Gasteiger partial charge in [0.2, 0.25) is 0 Å². The van der Waals surface area contributed by atoms with Crippen molar-refractivity contribution in [3.05, 3.63) is 24.0 Å². The monoisotopic (exact) mass is 293 g/mol. The average Bonchev–Trinajstić information content (AvgIpc) is 3.01. The lowest BCUT2D eigenvalue weighted by Gasteiger charge is -2.27. The first-order chi connectivity index (χ1) is 10.2. The van der Waals surface area contributed by atoms with Crippen molar-refractivity contribution in [2.75, 3.05) is 33.3 Å². The van der Waals surface area contributed by atoms with E-state index in [1.54, 1.807) is 4.90 Å². The molecule has 2 N–H and O–H groups in total. The predicted molar refractivity (Wildman–Crippen MR) is 83.5 cm³/mol. The number of nitrogens with one attached hydrogen (secondary N) is 1. The summed E-state index contributed by atoms with van der Waals surface area (Å²) in [6, 6.07) is 4.33. The summed E-state index contributed by atoms with van der Waals surface area (Å²) >= 11 is 0. The van der Waals surface area contributed by atoms with Gasteiger partial charge in [0.15, 0.2) is 0 Å². The zero-order valence-corrected chi connectivity index (χ0v) is 12.9. The SMILES string of the molecule is CN(CCCCCO)C(=O)c1cccn1C1CCNCC1. The molecule has 0 unspecified atom stereocenters. The van der Waals surface area contributed by atoms with Crippen molar-refractivity contribution in [1.82, 2.24) is 14.8 Å². The molecule has 0 atom stereocenters. The van der Waals surface area contributed by atoms with Gasteiger partial charge in [-0.1, -0.05) is 0 Å². The summed E-state index contributed by atoms with van der Waals surface area (Å²) in [6.07, 6.45) is 6.90. The van der Waals surface area contributed by atoms with Crippen LogP contribution in [0.3, 0.4) is 0 Å². The first-order valence-corrected chi connectivity index (χ1v) is 7.98. The lowest BCUT2D eigenvalue weighted by atomic mass is 10.1. The molecule has 5 heteroatoms. The fourth-order valence-corrected chi connectivity index (χ4v) is 2.91. The number of unbranched alkanes of at least 4 members (excludes halogenated alkanes) is 2. The van der Waals surface area contributed by atoms with Gasteiger partial charge in [0.1, 0.15) is 5.69 Å². The highest BCUT2D eigenvalue weighted by atomic mass is 16.2. The van der Waals surface area contributed by atoms with Gasteiger partial charge in [-0.2, -0.15) is 0 Å². The van der Waals surface area contributed by atoms with Gasteiger partial charge in [0.05, 0.1) is 0 Å². The van der Waals surface area contributed by atoms with Gasteiger partial charge in [0, 0.05) is 32.4 Å². The minimum Gasteiger partial charge on any atom is -0.396 e. The van der Waals surface area contributed by atoms with Crippen molar-refractivity contribution < 1.29 is 9.90 Å². The number of rotatable bonds is 7. The molecule has 21 heavy (non-hydrogen) atoms. The molecule has 1 amide bonds. The summed E-state index contributed by atoms with van der Waals surface area (Å²) in [5.74, 6) is 0.0996. The first-order valence-electron chi connectivity index (χ1n) is 7.98. The summed E-state index contributed by atoms with van der Waals surface area (Å²) in [7, 11) is 1.86. The maximum atomic E-state index is 12.6.